The van der Waals surface area contributed by atoms with Gasteiger partial charge >= 0.3 is 0 Å². The molecule has 110 valence electrons. The van der Waals surface area contributed by atoms with Crippen molar-refractivity contribution in [3.05, 3.63) is 54.2 Å². The van der Waals surface area contributed by atoms with Crippen LogP contribution in [0.25, 0.3) is 11.0 Å². The van der Waals surface area contributed by atoms with Crippen LogP contribution in [0.2, 0.25) is 0 Å². The van der Waals surface area contributed by atoms with Crippen molar-refractivity contribution in [1.29, 1.82) is 0 Å². The van der Waals surface area contributed by atoms with Gasteiger partial charge < -0.3 is 10.1 Å². The molecule has 4 rings (SSSR count). The van der Waals surface area contributed by atoms with E-state index < -0.39 is 0 Å². The third-order valence-corrected chi connectivity index (χ3v) is 3.73. The molecular formula is C16H13FN4O. The molecule has 0 saturated carbocycles. The summed E-state index contributed by atoms with van der Waals surface area (Å²) in [5.41, 5.74) is 1.44. The van der Waals surface area contributed by atoms with E-state index in [4.69, 9.17) is 4.74 Å². The van der Waals surface area contributed by atoms with Crippen molar-refractivity contribution in [2.45, 2.75) is 12.5 Å². The van der Waals surface area contributed by atoms with Gasteiger partial charge in [-0.05, 0) is 30.3 Å². The van der Waals surface area contributed by atoms with Gasteiger partial charge in [-0.25, -0.2) is 19.3 Å². The Kier molecular flexibility index (Phi) is 3.07. The van der Waals surface area contributed by atoms with E-state index >= 15 is 0 Å². The van der Waals surface area contributed by atoms with Gasteiger partial charge in [0.05, 0.1) is 18.0 Å². The fourth-order valence-electron chi connectivity index (χ4n) is 2.69. The monoisotopic (exact) mass is 296 g/mol. The molecule has 0 radical (unpaired) electrons. The smallest absolute Gasteiger partial charge is 0.164 e. The van der Waals surface area contributed by atoms with E-state index in [0.29, 0.717) is 23.8 Å². The fraction of sp³-hybridized carbons (Fsp3) is 0.188. The van der Waals surface area contributed by atoms with Gasteiger partial charge in [-0.15, -0.1) is 0 Å². The SMILES string of the molecule is Fc1ccc2c(c1)[C@H](Nc1ncnc3ncccc13)CCO2. The average Bonchev–Trinajstić information content (AvgIpc) is 2.56. The molecule has 6 heteroatoms. The molecule has 1 aliphatic rings. The molecule has 0 fully saturated rings. The number of hydrogen-bond donors (Lipinski definition) is 1. The summed E-state index contributed by atoms with van der Waals surface area (Å²) in [5, 5.41) is 4.21. The minimum atomic E-state index is -0.273. The molecule has 5 nitrogen and oxygen atoms in total. The Morgan fingerprint density at radius 3 is 3.09 bits per heavy atom. The van der Waals surface area contributed by atoms with Crippen molar-refractivity contribution in [1.82, 2.24) is 15.0 Å². The highest BCUT2D eigenvalue weighted by Gasteiger charge is 2.23. The standard InChI is InChI=1S/C16H13FN4O/c17-10-3-4-14-12(8-10)13(5-7-22-14)21-16-11-2-1-6-18-15(11)19-9-20-16/h1-4,6,8-9,13H,5,7H2,(H,18,19,20,21)/t13-/m1/s1. The van der Waals surface area contributed by atoms with Crippen molar-refractivity contribution in [3.63, 3.8) is 0 Å². The first-order valence-corrected chi connectivity index (χ1v) is 7.06. The molecule has 1 atom stereocenters. The van der Waals surface area contributed by atoms with E-state index in [-0.39, 0.29) is 11.9 Å². The number of aromatic nitrogens is 3. The highest BCUT2D eigenvalue weighted by Crippen LogP contribution is 2.35. The zero-order chi connectivity index (χ0) is 14.9. The van der Waals surface area contributed by atoms with E-state index in [0.717, 1.165) is 17.4 Å². The summed E-state index contributed by atoms with van der Waals surface area (Å²) in [6, 6.07) is 8.28. The summed E-state index contributed by atoms with van der Waals surface area (Å²) in [4.78, 5) is 12.7. The topological polar surface area (TPSA) is 59.9 Å². The predicted octanol–water partition coefficient (Wildman–Crippen LogP) is 3.10. The molecule has 22 heavy (non-hydrogen) atoms. The van der Waals surface area contributed by atoms with E-state index in [1.165, 1.54) is 18.5 Å². The van der Waals surface area contributed by atoms with Gasteiger partial charge in [0.25, 0.3) is 0 Å². The van der Waals surface area contributed by atoms with Crippen LogP contribution < -0.4 is 10.1 Å². The zero-order valence-electron chi connectivity index (χ0n) is 11.7. The lowest BCUT2D eigenvalue weighted by Gasteiger charge is -2.27. The summed E-state index contributed by atoms with van der Waals surface area (Å²) < 4.78 is 19.1. The fourth-order valence-corrected chi connectivity index (χ4v) is 2.69. The summed E-state index contributed by atoms with van der Waals surface area (Å²) >= 11 is 0. The number of pyridine rings is 1. The number of ether oxygens (including phenoxy) is 1. The van der Waals surface area contributed by atoms with Gasteiger partial charge in [0.1, 0.15) is 23.7 Å². The average molecular weight is 296 g/mol. The normalized spacial score (nSPS) is 16.9. The number of benzene rings is 1. The van der Waals surface area contributed by atoms with Gasteiger partial charge in [-0.3, -0.25) is 0 Å². The van der Waals surface area contributed by atoms with Crippen molar-refractivity contribution in [2.75, 3.05) is 11.9 Å². The molecule has 1 aromatic carbocycles. The molecule has 2 aromatic heterocycles. The van der Waals surface area contributed by atoms with Crippen LogP contribution >= 0.6 is 0 Å². The number of nitrogens with one attached hydrogen (secondary N) is 1. The summed E-state index contributed by atoms with van der Waals surface area (Å²) in [7, 11) is 0. The largest absolute Gasteiger partial charge is 0.493 e. The Balaban J connectivity index is 1.74. The van der Waals surface area contributed by atoms with Gasteiger partial charge in [-0.2, -0.15) is 0 Å². The van der Waals surface area contributed by atoms with Gasteiger partial charge in [0.2, 0.25) is 0 Å². The minimum Gasteiger partial charge on any atom is -0.493 e. The van der Waals surface area contributed by atoms with Crippen molar-refractivity contribution >= 4 is 16.9 Å². The van der Waals surface area contributed by atoms with Crippen molar-refractivity contribution in [2.24, 2.45) is 0 Å². The third-order valence-electron chi connectivity index (χ3n) is 3.73. The van der Waals surface area contributed by atoms with E-state index in [2.05, 4.69) is 20.3 Å². The number of halogens is 1. The molecule has 0 bridgehead atoms. The zero-order valence-corrected chi connectivity index (χ0v) is 11.7. The Morgan fingerprint density at radius 1 is 1.18 bits per heavy atom. The molecule has 0 saturated heterocycles. The van der Waals surface area contributed by atoms with Crippen LogP contribution in [0.5, 0.6) is 5.75 Å². The lowest BCUT2D eigenvalue weighted by Crippen LogP contribution is -2.21. The van der Waals surface area contributed by atoms with E-state index in [1.807, 2.05) is 12.1 Å². The molecule has 3 heterocycles. The first-order chi connectivity index (χ1) is 10.8. The summed E-state index contributed by atoms with van der Waals surface area (Å²) in [6.45, 7) is 0.581. The highest BCUT2D eigenvalue weighted by molar-refractivity contribution is 5.86. The molecule has 0 aliphatic carbocycles. The van der Waals surface area contributed by atoms with E-state index in [1.54, 1.807) is 12.3 Å². The maximum absolute atomic E-state index is 13.5. The first-order valence-electron chi connectivity index (χ1n) is 7.06. The van der Waals surface area contributed by atoms with Crippen molar-refractivity contribution < 1.29 is 9.13 Å². The molecule has 0 amide bonds. The van der Waals surface area contributed by atoms with E-state index in [9.17, 15) is 4.39 Å². The second-order valence-electron chi connectivity index (χ2n) is 5.11. The Labute approximate surface area is 126 Å². The molecule has 0 spiro atoms. The Hall–Kier alpha value is -2.76. The minimum absolute atomic E-state index is 0.0576. The third kappa shape index (κ3) is 2.22. The van der Waals surface area contributed by atoms with Gasteiger partial charge in [0.15, 0.2) is 5.65 Å². The quantitative estimate of drug-likeness (QED) is 0.787. The lowest BCUT2D eigenvalue weighted by molar-refractivity contribution is 0.273. The highest BCUT2D eigenvalue weighted by atomic mass is 19.1. The number of fused-ring (bicyclic) bond motifs is 2. The Morgan fingerprint density at radius 2 is 2.14 bits per heavy atom. The van der Waals surface area contributed by atoms with Gasteiger partial charge in [-0.1, -0.05) is 0 Å². The maximum Gasteiger partial charge on any atom is 0.164 e. The van der Waals surface area contributed by atoms with Crippen LogP contribution in [0.4, 0.5) is 10.2 Å². The van der Waals surface area contributed by atoms with Crippen LogP contribution in [-0.4, -0.2) is 21.6 Å². The van der Waals surface area contributed by atoms with Crippen LogP contribution in [0.3, 0.4) is 0 Å². The second kappa shape index (κ2) is 5.22. The molecular weight excluding hydrogens is 283 g/mol. The molecule has 3 aromatic rings. The Bertz CT molecular complexity index is 834. The first kappa shape index (κ1) is 12.9. The molecule has 1 N–H and O–H groups in total. The lowest BCUT2D eigenvalue weighted by atomic mass is 10.0. The molecule has 1 aliphatic heterocycles. The predicted molar refractivity (Wildman–Crippen MR) is 80.2 cm³/mol. The van der Waals surface area contributed by atoms with Crippen LogP contribution in [0, 0.1) is 5.82 Å². The number of hydrogen-bond acceptors (Lipinski definition) is 5. The summed E-state index contributed by atoms with van der Waals surface area (Å²) in [6.07, 6.45) is 3.91. The number of anilines is 1. The summed E-state index contributed by atoms with van der Waals surface area (Å²) in [5.74, 6) is 1.13. The van der Waals surface area contributed by atoms with Crippen LogP contribution in [-0.2, 0) is 0 Å². The maximum atomic E-state index is 13.5. The van der Waals surface area contributed by atoms with Crippen LogP contribution in [0.1, 0.15) is 18.0 Å². The number of rotatable bonds is 2. The van der Waals surface area contributed by atoms with Crippen LogP contribution in [0.15, 0.2) is 42.9 Å². The van der Waals surface area contributed by atoms with Gasteiger partial charge in [0, 0.05) is 18.2 Å². The van der Waals surface area contributed by atoms with Crippen molar-refractivity contribution in [3.8, 4) is 5.75 Å². The second-order valence-corrected chi connectivity index (χ2v) is 5.11. The number of nitrogens with zero attached hydrogens (tertiary/aromatic N) is 3. The molecule has 0 unspecified atom stereocenters.